The van der Waals surface area contributed by atoms with Gasteiger partial charge in [0.2, 0.25) is 0 Å². The summed E-state index contributed by atoms with van der Waals surface area (Å²) in [5, 5.41) is 1.69. The van der Waals surface area contributed by atoms with Crippen LogP contribution >= 0.6 is 27.5 Å². The molecule has 0 aromatic heterocycles. The van der Waals surface area contributed by atoms with Crippen LogP contribution < -0.4 is 5.32 Å². The lowest BCUT2D eigenvalue weighted by molar-refractivity contribution is -0.140. The number of aryl methyl sites for hydroxylation is 1. The molecule has 1 aromatic rings. The summed E-state index contributed by atoms with van der Waals surface area (Å²) in [6.45, 7) is 1.92. The predicted octanol–water partition coefficient (Wildman–Crippen LogP) is 2.27. The molecule has 1 unspecified atom stereocenters. The number of hydrogen-bond donors (Lipinski definition) is 1. The van der Waals surface area contributed by atoms with Crippen LogP contribution in [-0.4, -0.2) is 30.9 Å². The largest absolute Gasteiger partial charge is 0.468 e. The summed E-state index contributed by atoms with van der Waals surface area (Å²) in [6, 6.07) is 5.23. The van der Waals surface area contributed by atoms with Gasteiger partial charge in [0.15, 0.2) is 0 Å². The van der Waals surface area contributed by atoms with Crippen molar-refractivity contribution in [3.8, 4) is 0 Å². The smallest absolute Gasteiger partial charge is 0.325 e. The Morgan fingerprint density at radius 3 is 2.72 bits per heavy atom. The van der Waals surface area contributed by atoms with Gasteiger partial charge in [-0.1, -0.05) is 15.9 Å². The number of amides is 1. The van der Waals surface area contributed by atoms with Gasteiger partial charge in [0, 0.05) is 16.6 Å². The van der Waals surface area contributed by atoms with Crippen molar-refractivity contribution in [1.82, 2.24) is 5.32 Å². The molecular formula is C12H13BrClNO3. The van der Waals surface area contributed by atoms with E-state index in [9.17, 15) is 9.59 Å². The van der Waals surface area contributed by atoms with Crippen LogP contribution in [0.5, 0.6) is 0 Å². The third kappa shape index (κ3) is 3.99. The number of nitrogens with one attached hydrogen (secondary N) is 1. The number of rotatable bonds is 4. The van der Waals surface area contributed by atoms with Crippen molar-refractivity contribution >= 4 is 39.4 Å². The lowest BCUT2D eigenvalue weighted by Crippen LogP contribution is -2.34. The first-order valence-corrected chi connectivity index (χ1v) is 6.45. The molecule has 0 bridgehead atoms. The van der Waals surface area contributed by atoms with E-state index in [-0.39, 0.29) is 12.5 Å². The molecule has 1 amide bonds. The van der Waals surface area contributed by atoms with Crippen molar-refractivity contribution in [3.05, 3.63) is 33.8 Å². The van der Waals surface area contributed by atoms with Crippen LogP contribution in [-0.2, 0) is 9.53 Å². The predicted molar refractivity (Wildman–Crippen MR) is 72.9 cm³/mol. The molecule has 18 heavy (non-hydrogen) atoms. The molecule has 1 atom stereocenters. The first kappa shape index (κ1) is 15.0. The first-order chi connectivity index (χ1) is 8.45. The zero-order valence-electron chi connectivity index (χ0n) is 10.00. The average Bonchev–Trinajstić information content (AvgIpc) is 2.37. The van der Waals surface area contributed by atoms with E-state index < -0.39 is 11.3 Å². The highest BCUT2D eigenvalue weighted by molar-refractivity contribution is 9.10. The first-order valence-electron chi connectivity index (χ1n) is 5.22. The molecule has 1 aromatic carbocycles. The molecular weight excluding hydrogens is 321 g/mol. The molecule has 1 N–H and O–H groups in total. The third-order valence-corrected chi connectivity index (χ3v) is 3.54. The van der Waals surface area contributed by atoms with Crippen LogP contribution in [0.4, 0.5) is 0 Å². The second kappa shape index (κ2) is 6.75. The van der Waals surface area contributed by atoms with Gasteiger partial charge >= 0.3 is 5.97 Å². The summed E-state index contributed by atoms with van der Waals surface area (Å²) in [7, 11) is 1.25. The number of esters is 1. The minimum Gasteiger partial charge on any atom is -0.468 e. The highest BCUT2D eigenvalue weighted by atomic mass is 79.9. The quantitative estimate of drug-likeness (QED) is 0.679. The SMILES string of the molecule is COC(=O)C(Cl)CNC(=O)c1ccc(Br)c(C)c1. The van der Waals surface area contributed by atoms with Crippen molar-refractivity contribution < 1.29 is 14.3 Å². The van der Waals surface area contributed by atoms with Gasteiger partial charge in [-0.2, -0.15) is 0 Å². The fourth-order valence-corrected chi connectivity index (χ4v) is 1.69. The summed E-state index contributed by atoms with van der Waals surface area (Å²) >= 11 is 9.08. The molecule has 1 rings (SSSR count). The van der Waals surface area contributed by atoms with Crippen LogP contribution in [0, 0.1) is 6.92 Å². The fourth-order valence-electron chi connectivity index (χ4n) is 1.28. The number of halogens is 2. The highest BCUT2D eigenvalue weighted by Gasteiger charge is 2.17. The van der Waals surface area contributed by atoms with Gasteiger partial charge in [0.1, 0.15) is 5.38 Å². The Hall–Kier alpha value is -1.07. The number of ether oxygens (including phenoxy) is 1. The summed E-state index contributed by atoms with van der Waals surface area (Å²) in [5.74, 6) is -0.843. The number of hydrogen-bond acceptors (Lipinski definition) is 3. The molecule has 0 fully saturated rings. The number of carbonyl (C=O) groups is 2. The zero-order chi connectivity index (χ0) is 13.7. The fraction of sp³-hybridized carbons (Fsp3) is 0.333. The van der Waals surface area contributed by atoms with Gasteiger partial charge in [0.05, 0.1) is 7.11 Å². The molecule has 98 valence electrons. The Bertz CT molecular complexity index is 465. The molecule has 0 saturated carbocycles. The van der Waals surface area contributed by atoms with Gasteiger partial charge in [-0.15, -0.1) is 11.6 Å². The number of carbonyl (C=O) groups excluding carboxylic acids is 2. The van der Waals surface area contributed by atoms with E-state index in [0.717, 1.165) is 10.0 Å². The topological polar surface area (TPSA) is 55.4 Å². The van der Waals surface area contributed by atoms with E-state index in [1.807, 2.05) is 6.92 Å². The molecule has 0 aliphatic heterocycles. The Balaban J connectivity index is 2.60. The number of alkyl halides is 1. The molecule has 0 radical (unpaired) electrons. The Morgan fingerprint density at radius 2 is 2.17 bits per heavy atom. The molecule has 6 heteroatoms. The van der Waals surface area contributed by atoms with Gasteiger partial charge in [-0.3, -0.25) is 9.59 Å². The Labute approximate surface area is 119 Å². The minimum absolute atomic E-state index is 0.0299. The van der Waals surface area contributed by atoms with Crippen molar-refractivity contribution in [2.24, 2.45) is 0 Å². The standard InChI is InChI=1S/C12H13BrClNO3/c1-7-5-8(3-4-9(7)13)11(16)15-6-10(14)12(17)18-2/h3-5,10H,6H2,1-2H3,(H,15,16). The van der Waals surface area contributed by atoms with E-state index >= 15 is 0 Å². The number of benzene rings is 1. The van der Waals surface area contributed by atoms with Crippen LogP contribution in [0.2, 0.25) is 0 Å². The number of methoxy groups -OCH3 is 1. The maximum atomic E-state index is 11.8. The zero-order valence-corrected chi connectivity index (χ0v) is 12.3. The molecule has 0 spiro atoms. The van der Waals surface area contributed by atoms with Crippen molar-refractivity contribution in [1.29, 1.82) is 0 Å². The minimum atomic E-state index is -0.879. The second-order valence-electron chi connectivity index (χ2n) is 3.66. The highest BCUT2D eigenvalue weighted by Crippen LogP contribution is 2.17. The lowest BCUT2D eigenvalue weighted by Gasteiger charge is -2.09. The maximum absolute atomic E-state index is 11.8. The van der Waals surface area contributed by atoms with E-state index in [4.69, 9.17) is 11.6 Å². The van der Waals surface area contributed by atoms with E-state index in [1.165, 1.54) is 7.11 Å². The van der Waals surface area contributed by atoms with Crippen LogP contribution in [0.1, 0.15) is 15.9 Å². The van der Waals surface area contributed by atoms with E-state index in [2.05, 4.69) is 26.0 Å². The molecule has 0 aliphatic rings. The van der Waals surface area contributed by atoms with Gasteiger partial charge in [-0.25, -0.2) is 0 Å². The second-order valence-corrected chi connectivity index (χ2v) is 5.05. The normalized spacial score (nSPS) is 11.8. The molecule has 4 nitrogen and oxygen atoms in total. The Kier molecular flexibility index (Phi) is 5.62. The van der Waals surface area contributed by atoms with Gasteiger partial charge < -0.3 is 10.1 Å². The molecule has 0 aliphatic carbocycles. The summed E-state index contributed by atoms with van der Waals surface area (Å²) in [6.07, 6.45) is 0. The van der Waals surface area contributed by atoms with Crippen molar-refractivity contribution in [2.45, 2.75) is 12.3 Å². The monoisotopic (exact) mass is 333 g/mol. The van der Waals surface area contributed by atoms with Crippen LogP contribution in [0.25, 0.3) is 0 Å². The molecule has 0 heterocycles. The van der Waals surface area contributed by atoms with Crippen LogP contribution in [0.3, 0.4) is 0 Å². The summed E-state index contributed by atoms with van der Waals surface area (Å²) < 4.78 is 5.39. The van der Waals surface area contributed by atoms with Crippen LogP contribution in [0.15, 0.2) is 22.7 Å². The van der Waals surface area contributed by atoms with Crippen molar-refractivity contribution in [3.63, 3.8) is 0 Å². The van der Waals surface area contributed by atoms with E-state index in [1.54, 1.807) is 18.2 Å². The average molecular weight is 335 g/mol. The lowest BCUT2D eigenvalue weighted by atomic mass is 10.1. The summed E-state index contributed by atoms with van der Waals surface area (Å²) in [4.78, 5) is 22.8. The summed E-state index contributed by atoms with van der Waals surface area (Å²) in [5.41, 5.74) is 1.47. The van der Waals surface area contributed by atoms with Gasteiger partial charge in [-0.05, 0) is 30.7 Å². The Morgan fingerprint density at radius 1 is 1.50 bits per heavy atom. The third-order valence-electron chi connectivity index (χ3n) is 2.32. The van der Waals surface area contributed by atoms with Crippen molar-refractivity contribution in [2.75, 3.05) is 13.7 Å². The molecule has 0 saturated heterocycles. The van der Waals surface area contributed by atoms with Gasteiger partial charge in [0.25, 0.3) is 5.91 Å². The maximum Gasteiger partial charge on any atom is 0.325 e. The van der Waals surface area contributed by atoms with E-state index in [0.29, 0.717) is 5.56 Å².